The third-order valence-corrected chi connectivity index (χ3v) is 5.98. The molecule has 3 rings (SSSR count). The maximum absolute atomic E-state index is 13.0. The minimum absolute atomic E-state index is 0.205. The van der Waals surface area contributed by atoms with Crippen LogP contribution in [-0.2, 0) is 14.8 Å². The number of rotatable bonds is 8. The van der Waals surface area contributed by atoms with Crippen molar-refractivity contribution < 1.29 is 17.9 Å². The van der Waals surface area contributed by atoms with E-state index in [-0.39, 0.29) is 24.0 Å². The van der Waals surface area contributed by atoms with Crippen LogP contribution in [0.5, 0.6) is 5.75 Å². The predicted molar refractivity (Wildman–Crippen MR) is 111 cm³/mol. The Balaban J connectivity index is 1.72. The fraction of sp³-hybridized carbons (Fsp3) is 0.143. The van der Waals surface area contributed by atoms with Gasteiger partial charge >= 0.3 is 0 Å². The molecule has 0 aliphatic rings. The molecule has 8 heteroatoms. The molecule has 2 aromatic carbocycles. The van der Waals surface area contributed by atoms with Crippen LogP contribution < -0.4 is 14.4 Å². The van der Waals surface area contributed by atoms with E-state index in [0.717, 1.165) is 0 Å². The van der Waals surface area contributed by atoms with Crippen molar-refractivity contribution in [3.8, 4) is 5.75 Å². The molecular weight excluding hydrogens is 390 g/mol. The lowest BCUT2D eigenvalue weighted by atomic mass is 10.3. The summed E-state index contributed by atoms with van der Waals surface area (Å²) in [6.45, 7) is 1.81. The van der Waals surface area contributed by atoms with Crippen LogP contribution in [0, 0.1) is 0 Å². The van der Waals surface area contributed by atoms with Crippen molar-refractivity contribution in [2.24, 2.45) is 0 Å². The molecule has 0 spiro atoms. The number of hydrogen-bond acceptors (Lipinski definition) is 5. The molecule has 0 bridgehead atoms. The maximum atomic E-state index is 13.0. The summed E-state index contributed by atoms with van der Waals surface area (Å²) >= 11 is 0. The predicted octanol–water partition coefficient (Wildman–Crippen LogP) is 3.31. The molecule has 0 unspecified atom stereocenters. The van der Waals surface area contributed by atoms with E-state index in [0.29, 0.717) is 17.1 Å². The van der Waals surface area contributed by atoms with Gasteiger partial charge in [0.15, 0.2) is 6.61 Å². The molecule has 1 heterocycles. The van der Waals surface area contributed by atoms with E-state index in [4.69, 9.17) is 4.74 Å². The first-order valence-electron chi connectivity index (χ1n) is 9.01. The lowest BCUT2D eigenvalue weighted by molar-refractivity contribution is -0.118. The van der Waals surface area contributed by atoms with Crippen molar-refractivity contribution in [3.63, 3.8) is 0 Å². The normalized spacial score (nSPS) is 10.9. The number of sulfonamides is 1. The third kappa shape index (κ3) is 5.11. The van der Waals surface area contributed by atoms with Crippen molar-refractivity contribution in [1.29, 1.82) is 0 Å². The average molecular weight is 411 g/mol. The van der Waals surface area contributed by atoms with Crippen molar-refractivity contribution >= 4 is 27.3 Å². The minimum Gasteiger partial charge on any atom is -0.484 e. The van der Waals surface area contributed by atoms with E-state index < -0.39 is 10.0 Å². The van der Waals surface area contributed by atoms with Gasteiger partial charge in [0.1, 0.15) is 5.75 Å². The van der Waals surface area contributed by atoms with Gasteiger partial charge in [0, 0.05) is 30.7 Å². The number of hydrogen-bond donors (Lipinski definition) is 1. The number of pyridine rings is 1. The van der Waals surface area contributed by atoms with E-state index in [1.54, 1.807) is 86.0 Å². The highest BCUT2D eigenvalue weighted by Crippen LogP contribution is 2.26. The van der Waals surface area contributed by atoms with Gasteiger partial charge in [-0.05, 0) is 43.3 Å². The van der Waals surface area contributed by atoms with Gasteiger partial charge in [-0.2, -0.15) is 0 Å². The molecular formula is C21H21N3O4S. The van der Waals surface area contributed by atoms with Crippen LogP contribution in [0.15, 0.2) is 84.0 Å². The number of nitrogens with one attached hydrogen (secondary N) is 1. The molecule has 0 saturated carbocycles. The summed E-state index contributed by atoms with van der Waals surface area (Å²) in [4.78, 5) is 16.1. The van der Waals surface area contributed by atoms with Crippen LogP contribution in [0.1, 0.15) is 6.92 Å². The monoisotopic (exact) mass is 411 g/mol. The van der Waals surface area contributed by atoms with Crippen LogP contribution in [0.25, 0.3) is 0 Å². The SMILES string of the molecule is CCN(c1cccc(OCC(=O)Nc2ccncc2)c1)S(=O)(=O)c1ccccc1. The molecule has 0 fully saturated rings. The number of anilines is 2. The fourth-order valence-electron chi connectivity index (χ4n) is 2.72. The lowest BCUT2D eigenvalue weighted by Crippen LogP contribution is -2.30. The van der Waals surface area contributed by atoms with E-state index in [1.807, 2.05) is 0 Å². The highest BCUT2D eigenvalue weighted by atomic mass is 32.2. The molecule has 0 atom stereocenters. The maximum Gasteiger partial charge on any atom is 0.264 e. The summed E-state index contributed by atoms with van der Waals surface area (Å²) in [7, 11) is -3.70. The number of carbonyl (C=O) groups is 1. The summed E-state index contributed by atoms with van der Waals surface area (Å²) in [5.41, 5.74) is 1.08. The van der Waals surface area contributed by atoms with Gasteiger partial charge in [-0.1, -0.05) is 24.3 Å². The van der Waals surface area contributed by atoms with E-state index in [9.17, 15) is 13.2 Å². The first-order chi connectivity index (χ1) is 14.0. The molecule has 1 aromatic heterocycles. The van der Waals surface area contributed by atoms with Gasteiger partial charge in [0.25, 0.3) is 15.9 Å². The Morgan fingerprint density at radius 2 is 1.76 bits per heavy atom. The third-order valence-electron chi connectivity index (χ3n) is 4.06. The van der Waals surface area contributed by atoms with Crippen LogP contribution in [0.4, 0.5) is 11.4 Å². The summed E-state index contributed by atoms with van der Waals surface area (Å²) in [5.74, 6) is 0.0694. The molecule has 1 N–H and O–H groups in total. The van der Waals surface area contributed by atoms with Gasteiger partial charge < -0.3 is 10.1 Å². The van der Waals surface area contributed by atoms with Crippen LogP contribution in [0.2, 0.25) is 0 Å². The minimum atomic E-state index is -3.70. The molecule has 150 valence electrons. The Morgan fingerprint density at radius 1 is 1.03 bits per heavy atom. The van der Waals surface area contributed by atoms with Crippen molar-refractivity contribution in [3.05, 3.63) is 79.1 Å². The van der Waals surface area contributed by atoms with Crippen LogP contribution >= 0.6 is 0 Å². The number of benzene rings is 2. The van der Waals surface area contributed by atoms with E-state index in [1.165, 1.54) is 4.31 Å². The molecule has 1 amide bonds. The van der Waals surface area contributed by atoms with Crippen molar-refractivity contribution in [2.45, 2.75) is 11.8 Å². The van der Waals surface area contributed by atoms with Crippen molar-refractivity contribution in [2.75, 3.05) is 22.8 Å². The molecule has 7 nitrogen and oxygen atoms in total. The Labute approximate surface area is 170 Å². The zero-order valence-corrected chi connectivity index (χ0v) is 16.7. The first kappa shape index (κ1) is 20.3. The number of amides is 1. The second-order valence-corrected chi connectivity index (χ2v) is 7.92. The number of aromatic nitrogens is 1. The summed E-state index contributed by atoms with van der Waals surface area (Å²) in [6.07, 6.45) is 3.15. The summed E-state index contributed by atoms with van der Waals surface area (Å²) in [6, 6.07) is 18.2. The van der Waals surface area contributed by atoms with E-state index in [2.05, 4.69) is 10.3 Å². The van der Waals surface area contributed by atoms with Crippen molar-refractivity contribution in [1.82, 2.24) is 4.98 Å². The van der Waals surface area contributed by atoms with Gasteiger partial charge in [0.05, 0.1) is 10.6 Å². The average Bonchev–Trinajstić information content (AvgIpc) is 2.74. The Morgan fingerprint density at radius 3 is 2.45 bits per heavy atom. The van der Waals surface area contributed by atoms with Crippen LogP contribution in [-0.4, -0.2) is 32.5 Å². The molecule has 0 aliphatic heterocycles. The van der Waals surface area contributed by atoms with Gasteiger partial charge in [0.2, 0.25) is 0 Å². The standard InChI is InChI=1S/C21H21N3O4S/c1-2-24(29(26,27)20-9-4-3-5-10-20)18-7-6-8-19(15-18)28-16-21(25)23-17-11-13-22-14-12-17/h3-15H,2,16H2,1H3,(H,22,23,25). The van der Waals surface area contributed by atoms with Crippen LogP contribution in [0.3, 0.4) is 0 Å². The second-order valence-electron chi connectivity index (χ2n) is 6.05. The lowest BCUT2D eigenvalue weighted by Gasteiger charge is -2.23. The second kappa shape index (κ2) is 9.20. The van der Waals surface area contributed by atoms with Gasteiger partial charge in [-0.3, -0.25) is 14.1 Å². The quantitative estimate of drug-likeness (QED) is 0.614. The highest BCUT2D eigenvalue weighted by Gasteiger charge is 2.23. The molecule has 0 radical (unpaired) electrons. The Hall–Kier alpha value is -3.39. The zero-order chi connectivity index (χ0) is 20.7. The number of nitrogens with zero attached hydrogens (tertiary/aromatic N) is 2. The Bertz CT molecular complexity index is 1060. The zero-order valence-electron chi connectivity index (χ0n) is 15.9. The van der Waals surface area contributed by atoms with E-state index >= 15 is 0 Å². The number of carbonyl (C=O) groups excluding carboxylic acids is 1. The molecule has 0 saturated heterocycles. The largest absolute Gasteiger partial charge is 0.484 e. The molecule has 0 aliphatic carbocycles. The number of ether oxygens (including phenoxy) is 1. The smallest absolute Gasteiger partial charge is 0.264 e. The highest BCUT2D eigenvalue weighted by molar-refractivity contribution is 7.92. The fourth-order valence-corrected chi connectivity index (χ4v) is 4.21. The van der Waals surface area contributed by atoms with Gasteiger partial charge in [-0.15, -0.1) is 0 Å². The van der Waals surface area contributed by atoms with Gasteiger partial charge in [-0.25, -0.2) is 8.42 Å². The summed E-state index contributed by atoms with van der Waals surface area (Å²) in [5, 5.41) is 2.70. The molecule has 29 heavy (non-hydrogen) atoms. The summed E-state index contributed by atoms with van der Waals surface area (Å²) < 4.78 is 32.8. The molecule has 3 aromatic rings. The first-order valence-corrected chi connectivity index (χ1v) is 10.4. The Kier molecular flexibility index (Phi) is 6.46. The topological polar surface area (TPSA) is 88.6 Å².